The summed E-state index contributed by atoms with van der Waals surface area (Å²) in [6, 6.07) is 4.74. The van der Waals surface area contributed by atoms with E-state index in [1.807, 2.05) is 0 Å². The zero-order chi connectivity index (χ0) is 11.4. The Hall–Kier alpha value is -2.04. The van der Waals surface area contributed by atoms with Crippen molar-refractivity contribution < 1.29 is 19.8 Å². The van der Waals surface area contributed by atoms with Crippen molar-refractivity contribution in [3.63, 3.8) is 0 Å². The van der Waals surface area contributed by atoms with Crippen LogP contribution in [0.2, 0.25) is 0 Å². The largest absolute Gasteiger partial charge is 0.481 e. The number of aliphatic carboxylic acids is 2. The van der Waals surface area contributed by atoms with Gasteiger partial charge >= 0.3 is 11.9 Å². The number of nitrogens with two attached hydrogens (primary N) is 1. The van der Waals surface area contributed by atoms with E-state index in [9.17, 15) is 9.59 Å². The first-order chi connectivity index (χ1) is 7.00. The van der Waals surface area contributed by atoms with E-state index in [1.165, 1.54) is 0 Å². The molecule has 80 valence electrons. The van der Waals surface area contributed by atoms with Crippen molar-refractivity contribution in [2.75, 3.05) is 5.73 Å². The van der Waals surface area contributed by atoms with Gasteiger partial charge in [-0.15, -0.1) is 0 Å². The van der Waals surface area contributed by atoms with Crippen LogP contribution in [0.1, 0.15) is 11.1 Å². The minimum atomic E-state index is -1.03. The lowest BCUT2D eigenvalue weighted by molar-refractivity contribution is -0.137. The van der Waals surface area contributed by atoms with Gasteiger partial charge in [-0.2, -0.15) is 0 Å². The SMILES string of the molecule is Nc1cccc(CC(=O)O)c1CC(=O)O. The molecule has 1 aromatic carbocycles. The van der Waals surface area contributed by atoms with E-state index in [2.05, 4.69) is 0 Å². The first-order valence-corrected chi connectivity index (χ1v) is 4.30. The van der Waals surface area contributed by atoms with Crippen molar-refractivity contribution in [1.82, 2.24) is 0 Å². The highest BCUT2D eigenvalue weighted by molar-refractivity contribution is 5.77. The molecule has 5 heteroatoms. The Balaban J connectivity index is 3.08. The van der Waals surface area contributed by atoms with Gasteiger partial charge in [-0.25, -0.2) is 0 Å². The summed E-state index contributed by atoms with van der Waals surface area (Å²) in [6.07, 6.45) is -0.469. The van der Waals surface area contributed by atoms with E-state index in [4.69, 9.17) is 15.9 Å². The first kappa shape index (κ1) is 11.0. The van der Waals surface area contributed by atoms with Gasteiger partial charge in [0.05, 0.1) is 12.8 Å². The van der Waals surface area contributed by atoms with Crippen LogP contribution in [-0.2, 0) is 22.4 Å². The fourth-order valence-electron chi connectivity index (χ4n) is 1.35. The number of rotatable bonds is 4. The first-order valence-electron chi connectivity index (χ1n) is 4.30. The predicted octanol–water partition coefficient (Wildman–Crippen LogP) is 0.523. The van der Waals surface area contributed by atoms with Crippen LogP contribution in [0.5, 0.6) is 0 Å². The van der Waals surface area contributed by atoms with E-state index in [0.29, 0.717) is 16.8 Å². The van der Waals surface area contributed by atoms with E-state index in [1.54, 1.807) is 18.2 Å². The number of hydrogen-bond donors (Lipinski definition) is 3. The monoisotopic (exact) mass is 209 g/mol. The third-order valence-electron chi connectivity index (χ3n) is 1.98. The lowest BCUT2D eigenvalue weighted by Gasteiger charge is -2.08. The van der Waals surface area contributed by atoms with Gasteiger partial charge in [0.15, 0.2) is 0 Å². The molecule has 4 N–H and O–H groups in total. The second-order valence-corrected chi connectivity index (χ2v) is 3.13. The van der Waals surface area contributed by atoms with Crippen LogP contribution in [0.15, 0.2) is 18.2 Å². The molecular weight excluding hydrogens is 198 g/mol. The van der Waals surface area contributed by atoms with Crippen LogP contribution in [0.3, 0.4) is 0 Å². The summed E-state index contributed by atoms with van der Waals surface area (Å²) >= 11 is 0. The van der Waals surface area contributed by atoms with Gasteiger partial charge in [0.1, 0.15) is 0 Å². The van der Waals surface area contributed by atoms with Crippen LogP contribution < -0.4 is 5.73 Å². The summed E-state index contributed by atoms with van der Waals surface area (Å²) in [6.45, 7) is 0. The second-order valence-electron chi connectivity index (χ2n) is 3.13. The minimum absolute atomic E-state index is 0.215. The van der Waals surface area contributed by atoms with Crippen LogP contribution in [0.4, 0.5) is 5.69 Å². The van der Waals surface area contributed by atoms with Gasteiger partial charge in [0, 0.05) is 5.69 Å². The highest BCUT2D eigenvalue weighted by Gasteiger charge is 2.12. The molecule has 0 atom stereocenters. The zero-order valence-corrected chi connectivity index (χ0v) is 7.93. The molecule has 0 bridgehead atoms. The van der Waals surface area contributed by atoms with Crippen LogP contribution in [0.25, 0.3) is 0 Å². The molecule has 15 heavy (non-hydrogen) atoms. The Kier molecular flexibility index (Phi) is 3.28. The van der Waals surface area contributed by atoms with Crippen LogP contribution in [-0.4, -0.2) is 22.2 Å². The predicted molar refractivity (Wildman–Crippen MR) is 53.5 cm³/mol. The Morgan fingerprint density at radius 1 is 1.13 bits per heavy atom. The number of carboxylic acids is 2. The molecule has 0 heterocycles. The van der Waals surface area contributed by atoms with Gasteiger partial charge in [-0.1, -0.05) is 12.1 Å². The van der Waals surface area contributed by atoms with E-state index >= 15 is 0 Å². The maximum absolute atomic E-state index is 10.6. The number of hydrogen-bond acceptors (Lipinski definition) is 3. The summed E-state index contributed by atoms with van der Waals surface area (Å²) in [7, 11) is 0. The van der Waals surface area contributed by atoms with Crippen LogP contribution >= 0.6 is 0 Å². The number of anilines is 1. The van der Waals surface area contributed by atoms with E-state index in [-0.39, 0.29) is 12.8 Å². The Morgan fingerprint density at radius 2 is 1.73 bits per heavy atom. The Bertz CT molecular complexity index is 400. The fraction of sp³-hybridized carbons (Fsp3) is 0.200. The molecular formula is C10H11NO4. The lowest BCUT2D eigenvalue weighted by atomic mass is 10.00. The average Bonchev–Trinajstić information content (AvgIpc) is 2.09. The highest BCUT2D eigenvalue weighted by Crippen LogP contribution is 2.18. The molecule has 0 spiro atoms. The molecule has 0 amide bonds. The molecule has 0 aliphatic rings. The van der Waals surface area contributed by atoms with Gasteiger partial charge in [-0.05, 0) is 17.2 Å². The molecule has 0 saturated heterocycles. The molecule has 0 unspecified atom stereocenters. The summed E-state index contributed by atoms with van der Waals surface area (Å²) in [4.78, 5) is 21.1. The molecule has 1 rings (SSSR count). The number of carbonyl (C=O) groups is 2. The molecule has 0 fully saturated rings. The zero-order valence-electron chi connectivity index (χ0n) is 7.93. The van der Waals surface area contributed by atoms with Crippen molar-refractivity contribution in [3.05, 3.63) is 29.3 Å². The third kappa shape index (κ3) is 2.98. The Labute approximate surface area is 86.1 Å². The molecule has 1 aromatic rings. The molecule has 0 aromatic heterocycles. The van der Waals surface area contributed by atoms with Crippen molar-refractivity contribution in [1.29, 1.82) is 0 Å². The van der Waals surface area contributed by atoms with Crippen LogP contribution in [0, 0.1) is 0 Å². The average molecular weight is 209 g/mol. The maximum Gasteiger partial charge on any atom is 0.307 e. The maximum atomic E-state index is 10.6. The molecule has 0 saturated carbocycles. The Morgan fingerprint density at radius 3 is 2.27 bits per heavy atom. The van der Waals surface area contributed by atoms with Gasteiger partial charge in [0.2, 0.25) is 0 Å². The van der Waals surface area contributed by atoms with Crippen molar-refractivity contribution in [3.8, 4) is 0 Å². The molecule has 0 aliphatic heterocycles. The third-order valence-corrected chi connectivity index (χ3v) is 1.98. The summed E-state index contributed by atoms with van der Waals surface area (Å²) in [5, 5.41) is 17.3. The van der Waals surface area contributed by atoms with Gasteiger partial charge in [-0.3, -0.25) is 9.59 Å². The number of benzene rings is 1. The summed E-state index contributed by atoms with van der Waals surface area (Å²) in [5.74, 6) is -2.04. The molecule has 0 radical (unpaired) electrons. The molecule has 5 nitrogen and oxygen atoms in total. The number of nitrogen functional groups attached to an aromatic ring is 1. The summed E-state index contributed by atoms with van der Waals surface area (Å²) < 4.78 is 0. The second kappa shape index (κ2) is 4.45. The molecule has 0 aliphatic carbocycles. The lowest BCUT2D eigenvalue weighted by Crippen LogP contribution is -2.10. The van der Waals surface area contributed by atoms with Gasteiger partial charge in [0.25, 0.3) is 0 Å². The summed E-state index contributed by atoms with van der Waals surface area (Å²) in [5.41, 5.74) is 6.74. The quantitative estimate of drug-likeness (QED) is 0.628. The standard InChI is InChI=1S/C10H11NO4/c11-8-3-1-2-6(4-9(12)13)7(8)5-10(14)15/h1-3H,4-5,11H2,(H,12,13)(H,14,15). The smallest absolute Gasteiger partial charge is 0.307 e. The van der Waals surface area contributed by atoms with E-state index < -0.39 is 11.9 Å². The topological polar surface area (TPSA) is 101 Å². The van der Waals surface area contributed by atoms with Crippen molar-refractivity contribution >= 4 is 17.6 Å². The fourth-order valence-corrected chi connectivity index (χ4v) is 1.35. The van der Waals surface area contributed by atoms with Crippen molar-refractivity contribution in [2.24, 2.45) is 0 Å². The van der Waals surface area contributed by atoms with E-state index in [0.717, 1.165) is 0 Å². The number of carboxylic acid groups (broad SMARTS) is 2. The van der Waals surface area contributed by atoms with Gasteiger partial charge < -0.3 is 15.9 Å². The highest BCUT2D eigenvalue weighted by atomic mass is 16.4. The minimum Gasteiger partial charge on any atom is -0.481 e. The normalized spacial score (nSPS) is 9.87. The van der Waals surface area contributed by atoms with Crippen molar-refractivity contribution in [2.45, 2.75) is 12.8 Å².